The van der Waals surface area contributed by atoms with Crippen LogP contribution in [0.4, 0.5) is 4.79 Å². The molecule has 1 aromatic heterocycles. The van der Waals surface area contributed by atoms with Crippen molar-refractivity contribution in [3.05, 3.63) is 29.3 Å². The molecule has 1 aliphatic carbocycles. The van der Waals surface area contributed by atoms with E-state index in [4.69, 9.17) is 4.98 Å². The Morgan fingerprint density at radius 3 is 2.89 bits per heavy atom. The topological polar surface area (TPSA) is 65.5 Å². The van der Waals surface area contributed by atoms with Gasteiger partial charge in [0, 0.05) is 6.54 Å². The lowest BCUT2D eigenvalue weighted by Crippen LogP contribution is -2.54. The molecule has 0 bridgehead atoms. The van der Waals surface area contributed by atoms with Gasteiger partial charge < -0.3 is 5.32 Å². The van der Waals surface area contributed by atoms with E-state index < -0.39 is 5.54 Å². The number of urea groups is 1. The van der Waals surface area contributed by atoms with Crippen molar-refractivity contribution in [3.8, 4) is 0 Å². The number of nitrogens with zero attached hydrogens (tertiary/aromatic N) is 3. The second-order valence-corrected chi connectivity index (χ2v) is 9.48. The molecule has 0 unspecified atom stereocenters. The van der Waals surface area contributed by atoms with Crippen LogP contribution in [0.15, 0.2) is 24.3 Å². The van der Waals surface area contributed by atoms with Gasteiger partial charge in [0.25, 0.3) is 5.91 Å². The molecule has 2 saturated heterocycles. The number of aromatic nitrogens is 1. The zero-order valence-corrected chi connectivity index (χ0v) is 17.0. The first-order valence-corrected chi connectivity index (χ1v) is 11.1. The molecule has 1 aromatic carbocycles. The number of amides is 3. The second-order valence-electron chi connectivity index (χ2n) is 8.41. The lowest BCUT2D eigenvalue weighted by Gasteiger charge is -2.37. The maximum Gasteiger partial charge on any atom is 0.326 e. The minimum absolute atomic E-state index is 0.0281. The highest BCUT2D eigenvalue weighted by Gasteiger charge is 2.55. The van der Waals surface area contributed by atoms with E-state index in [0.29, 0.717) is 6.67 Å². The average molecular weight is 399 g/mol. The Balaban J connectivity index is 1.37. The van der Waals surface area contributed by atoms with Crippen LogP contribution in [0.5, 0.6) is 0 Å². The van der Waals surface area contributed by atoms with Gasteiger partial charge in [-0.3, -0.25) is 9.69 Å². The van der Waals surface area contributed by atoms with Crippen molar-refractivity contribution in [1.82, 2.24) is 20.1 Å². The fourth-order valence-corrected chi connectivity index (χ4v) is 6.25. The van der Waals surface area contributed by atoms with Crippen LogP contribution in [0.25, 0.3) is 10.2 Å². The lowest BCUT2D eigenvalue weighted by atomic mass is 9.73. The molecule has 0 radical (unpaired) electrons. The molecule has 1 spiro atoms. The van der Waals surface area contributed by atoms with E-state index >= 15 is 0 Å². The Hall–Kier alpha value is -1.99. The highest BCUT2D eigenvalue weighted by Crippen LogP contribution is 2.40. The van der Waals surface area contributed by atoms with E-state index in [-0.39, 0.29) is 23.9 Å². The Labute approximate surface area is 168 Å². The fourth-order valence-electron chi connectivity index (χ4n) is 5.11. The highest BCUT2D eigenvalue weighted by atomic mass is 32.1. The number of likely N-dealkylation sites (tertiary alicyclic amines) is 1. The number of thiazole rings is 1. The molecule has 28 heavy (non-hydrogen) atoms. The number of carbonyl (C=O) groups is 2. The smallest absolute Gasteiger partial charge is 0.323 e. The van der Waals surface area contributed by atoms with Crippen molar-refractivity contribution < 1.29 is 9.59 Å². The van der Waals surface area contributed by atoms with Crippen molar-refractivity contribution in [1.29, 1.82) is 0 Å². The molecule has 3 fully saturated rings. The normalized spacial score (nSPS) is 31.2. The molecule has 3 amide bonds. The summed E-state index contributed by atoms with van der Waals surface area (Å²) in [5.74, 6) is 0.168. The first-order chi connectivity index (χ1) is 13.6. The van der Waals surface area contributed by atoms with Crippen LogP contribution in [0, 0.1) is 5.92 Å². The van der Waals surface area contributed by atoms with Crippen molar-refractivity contribution in [2.45, 2.75) is 57.0 Å². The summed E-state index contributed by atoms with van der Waals surface area (Å²) in [5.41, 5.74) is 0.347. The predicted molar refractivity (Wildman–Crippen MR) is 109 cm³/mol. The molecule has 1 saturated carbocycles. The zero-order valence-electron chi connectivity index (χ0n) is 16.2. The van der Waals surface area contributed by atoms with Crippen molar-refractivity contribution in [3.63, 3.8) is 0 Å². The number of nitrogens with one attached hydrogen (secondary N) is 1. The summed E-state index contributed by atoms with van der Waals surface area (Å²) in [6.07, 6.45) is 5.98. The van der Waals surface area contributed by atoms with Crippen molar-refractivity contribution in [2.24, 2.45) is 5.92 Å². The first-order valence-electron chi connectivity index (χ1n) is 10.3. The summed E-state index contributed by atoms with van der Waals surface area (Å²) in [6.45, 7) is 3.35. The van der Waals surface area contributed by atoms with Crippen LogP contribution < -0.4 is 5.32 Å². The molecular formula is C21H26N4O2S. The van der Waals surface area contributed by atoms with Gasteiger partial charge in [-0.05, 0) is 43.7 Å². The van der Waals surface area contributed by atoms with E-state index in [9.17, 15) is 9.59 Å². The Morgan fingerprint density at radius 1 is 1.21 bits per heavy atom. The first kappa shape index (κ1) is 18.1. The van der Waals surface area contributed by atoms with Gasteiger partial charge in [0.2, 0.25) is 0 Å². The number of fused-ring (bicyclic) bond motifs is 1. The molecular weight excluding hydrogens is 372 g/mol. The van der Waals surface area contributed by atoms with Crippen molar-refractivity contribution >= 4 is 33.5 Å². The Kier molecular flexibility index (Phi) is 4.39. The molecule has 7 heteroatoms. The SMILES string of the molecule is C[C@@H]1CCCC[C@]12NC(=O)N(CN1CCC[C@@H]1c1nc3ccccc3s1)C2=O. The minimum atomic E-state index is -0.680. The molecule has 2 aromatic rings. The molecule has 1 N–H and O–H groups in total. The van der Waals surface area contributed by atoms with Gasteiger partial charge in [0.15, 0.2) is 0 Å². The number of rotatable bonds is 3. The van der Waals surface area contributed by atoms with Crippen molar-refractivity contribution in [2.75, 3.05) is 13.2 Å². The standard InChI is InChI=1S/C21H26N4O2S/c1-14-7-4-5-11-21(14)19(26)25(20(27)23-21)13-24-12-6-9-16(24)18-22-15-8-2-3-10-17(15)28-18/h2-3,8,10,14,16H,4-7,9,11-13H2,1H3,(H,23,27)/t14-,16-,21+/m1/s1. The van der Waals surface area contributed by atoms with E-state index in [0.717, 1.165) is 55.6 Å². The number of para-hydroxylation sites is 1. The molecule has 3 heterocycles. The van der Waals surface area contributed by atoms with Gasteiger partial charge in [-0.15, -0.1) is 11.3 Å². The van der Waals surface area contributed by atoms with Gasteiger partial charge in [0.1, 0.15) is 10.5 Å². The molecule has 6 nitrogen and oxygen atoms in total. The molecule has 3 aliphatic rings. The van der Waals surface area contributed by atoms with Gasteiger partial charge in [-0.25, -0.2) is 14.7 Å². The van der Waals surface area contributed by atoms with Gasteiger partial charge in [-0.2, -0.15) is 0 Å². The number of carbonyl (C=O) groups excluding carboxylic acids is 2. The summed E-state index contributed by atoms with van der Waals surface area (Å²) < 4.78 is 1.19. The Morgan fingerprint density at radius 2 is 2.07 bits per heavy atom. The third-order valence-electron chi connectivity index (χ3n) is 6.78. The summed E-state index contributed by atoms with van der Waals surface area (Å²) >= 11 is 1.72. The molecule has 148 valence electrons. The van der Waals surface area contributed by atoms with Crippen LogP contribution in [0.3, 0.4) is 0 Å². The van der Waals surface area contributed by atoms with E-state index in [1.807, 2.05) is 18.2 Å². The van der Waals surface area contributed by atoms with Gasteiger partial charge in [-0.1, -0.05) is 31.9 Å². The number of benzene rings is 1. The summed E-state index contributed by atoms with van der Waals surface area (Å²) in [6, 6.07) is 8.14. The van der Waals surface area contributed by atoms with Crippen LogP contribution in [-0.2, 0) is 4.79 Å². The number of imide groups is 1. The molecule has 2 aliphatic heterocycles. The largest absolute Gasteiger partial charge is 0.326 e. The number of hydrogen-bond donors (Lipinski definition) is 1. The average Bonchev–Trinajstić information content (AvgIpc) is 3.38. The fraction of sp³-hybridized carbons (Fsp3) is 0.571. The van der Waals surface area contributed by atoms with Crippen LogP contribution in [-0.4, -0.2) is 45.5 Å². The minimum Gasteiger partial charge on any atom is -0.323 e. The number of hydrogen-bond acceptors (Lipinski definition) is 5. The monoisotopic (exact) mass is 398 g/mol. The highest BCUT2D eigenvalue weighted by molar-refractivity contribution is 7.18. The summed E-state index contributed by atoms with van der Waals surface area (Å²) in [4.78, 5) is 34.5. The Bertz CT molecular complexity index is 895. The maximum atomic E-state index is 13.3. The summed E-state index contributed by atoms with van der Waals surface area (Å²) in [5, 5.41) is 4.16. The van der Waals surface area contributed by atoms with E-state index in [1.165, 1.54) is 9.60 Å². The van der Waals surface area contributed by atoms with E-state index in [1.54, 1.807) is 11.3 Å². The summed E-state index contributed by atoms with van der Waals surface area (Å²) in [7, 11) is 0. The van der Waals surface area contributed by atoms with E-state index in [2.05, 4.69) is 23.2 Å². The predicted octanol–water partition coefficient (Wildman–Crippen LogP) is 3.89. The van der Waals surface area contributed by atoms with Crippen LogP contribution >= 0.6 is 11.3 Å². The lowest BCUT2D eigenvalue weighted by molar-refractivity contribution is -0.135. The zero-order chi connectivity index (χ0) is 19.3. The molecule has 5 rings (SSSR count). The maximum absolute atomic E-state index is 13.3. The van der Waals surface area contributed by atoms with Crippen LogP contribution in [0.2, 0.25) is 0 Å². The molecule has 3 atom stereocenters. The third-order valence-corrected chi connectivity index (χ3v) is 7.92. The second kappa shape index (κ2) is 6.81. The quantitative estimate of drug-likeness (QED) is 0.797. The van der Waals surface area contributed by atoms with Gasteiger partial charge in [0.05, 0.1) is 22.9 Å². The third kappa shape index (κ3) is 2.75. The van der Waals surface area contributed by atoms with Crippen LogP contribution in [0.1, 0.15) is 56.5 Å². The van der Waals surface area contributed by atoms with Gasteiger partial charge >= 0.3 is 6.03 Å².